The first kappa shape index (κ1) is 14.9. The standard InChI is InChI=1S/C16H25BrN2/c1-5-13-9-18-14(11(2)3)10-19(13)15-8-6-7-12(4)16(15)17/h6-8,11,13-14,18H,5,9-10H2,1-4H3. The average Bonchev–Trinajstić information content (AvgIpc) is 2.41. The number of benzene rings is 1. The molecule has 19 heavy (non-hydrogen) atoms. The monoisotopic (exact) mass is 324 g/mol. The van der Waals surface area contributed by atoms with Gasteiger partial charge in [0, 0.05) is 29.6 Å². The quantitative estimate of drug-likeness (QED) is 0.905. The highest BCUT2D eigenvalue weighted by Crippen LogP contribution is 2.32. The molecular formula is C16H25BrN2. The Kier molecular flexibility index (Phi) is 4.91. The van der Waals surface area contributed by atoms with Crippen LogP contribution >= 0.6 is 15.9 Å². The van der Waals surface area contributed by atoms with Crippen LogP contribution in [-0.2, 0) is 0 Å². The second kappa shape index (κ2) is 6.27. The van der Waals surface area contributed by atoms with Gasteiger partial charge in [-0.25, -0.2) is 0 Å². The van der Waals surface area contributed by atoms with Crippen molar-refractivity contribution in [2.45, 2.75) is 46.2 Å². The van der Waals surface area contributed by atoms with Gasteiger partial charge < -0.3 is 10.2 Å². The normalized spacial score (nSPS) is 24.0. The second-order valence-electron chi connectivity index (χ2n) is 5.88. The Morgan fingerprint density at radius 1 is 1.42 bits per heavy atom. The molecule has 0 amide bonds. The number of anilines is 1. The third kappa shape index (κ3) is 3.14. The zero-order chi connectivity index (χ0) is 14.0. The predicted octanol–water partition coefficient (Wildman–Crippen LogP) is 3.97. The minimum Gasteiger partial charge on any atom is -0.365 e. The number of halogens is 1. The van der Waals surface area contributed by atoms with Crippen LogP contribution in [0, 0.1) is 12.8 Å². The fourth-order valence-corrected chi connectivity index (χ4v) is 3.28. The molecule has 0 aliphatic carbocycles. The van der Waals surface area contributed by atoms with Gasteiger partial charge in [0.25, 0.3) is 0 Å². The third-order valence-corrected chi connectivity index (χ3v) is 5.24. The smallest absolute Gasteiger partial charge is 0.0516 e. The maximum absolute atomic E-state index is 3.77. The van der Waals surface area contributed by atoms with E-state index < -0.39 is 0 Å². The predicted molar refractivity (Wildman–Crippen MR) is 86.9 cm³/mol. The van der Waals surface area contributed by atoms with Gasteiger partial charge in [-0.05, 0) is 46.8 Å². The van der Waals surface area contributed by atoms with Crippen molar-refractivity contribution < 1.29 is 0 Å². The molecule has 0 spiro atoms. The average molecular weight is 325 g/mol. The molecule has 2 nitrogen and oxygen atoms in total. The lowest BCUT2D eigenvalue weighted by molar-refractivity contribution is 0.325. The Labute approximate surface area is 125 Å². The van der Waals surface area contributed by atoms with Crippen LogP contribution in [0.2, 0.25) is 0 Å². The van der Waals surface area contributed by atoms with Crippen LogP contribution in [-0.4, -0.2) is 25.2 Å². The number of piperazine rings is 1. The lowest BCUT2D eigenvalue weighted by Gasteiger charge is -2.43. The topological polar surface area (TPSA) is 15.3 Å². The van der Waals surface area contributed by atoms with Crippen molar-refractivity contribution in [1.82, 2.24) is 5.32 Å². The molecule has 2 unspecified atom stereocenters. The van der Waals surface area contributed by atoms with E-state index in [0.29, 0.717) is 18.0 Å². The summed E-state index contributed by atoms with van der Waals surface area (Å²) >= 11 is 3.77. The zero-order valence-corrected chi connectivity index (χ0v) is 14.0. The summed E-state index contributed by atoms with van der Waals surface area (Å²) in [7, 11) is 0. The van der Waals surface area contributed by atoms with Crippen molar-refractivity contribution in [2.24, 2.45) is 5.92 Å². The van der Waals surface area contributed by atoms with Crippen molar-refractivity contribution in [1.29, 1.82) is 0 Å². The lowest BCUT2D eigenvalue weighted by atomic mass is 9.97. The van der Waals surface area contributed by atoms with Crippen LogP contribution in [0.3, 0.4) is 0 Å². The molecule has 1 saturated heterocycles. The van der Waals surface area contributed by atoms with Gasteiger partial charge in [-0.15, -0.1) is 0 Å². The van der Waals surface area contributed by atoms with E-state index in [-0.39, 0.29) is 0 Å². The maximum atomic E-state index is 3.77. The van der Waals surface area contributed by atoms with Gasteiger partial charge in [-0.2, -0.15) is 0 Å². The molecule has 2 atom stereocenters. The van der Waals surface area contributed by atoms with Gasteiger partial charge in [-0.3, -0.25) is 0 Å². The summed E-state index contributed by atoms with van der Waals surface area (Å²) in [6, 6.07) is 7.73. The molecule has 0 bridgehead atoms. The van der Waals surface area contributed by atoms with Gasteiger partial charge in [-0.1, -0.05) is 32.9 Å². The van der Waals surface area contributed by atoms with Gasteiger partial charge in [0.2, 0.25) is 0 Å². The van der Waals surface area contributed by atoms with Crippen molar-refractivity contribution in [2.75, 3.05) is 18.0 Å². The Bertz CT molecular complexity index is 431. The summed E-state index contributed by atoms with van der Waals surface area (Å²) in [5.41, 5.74) is 2.66. The van der Waals surface area contributed by atoms with E-state index in [4.69, 9.17) is 0 Å². The first-order valence-electron chi connectivity index (χ1n) is 7.29. The molecule has 3 heteroatoms. The highest BCUT2D eigenvalue weighted by molar-refractivity contribution is 9.10. The summed E-state index contributed by atoms with van der Waals surface area (Å²) in [6.45, 7) is 11.2. The Morgan fingerprint density at radius 3 is 2.79 bits per heavy atom. The fraction of sp³-hybridized carbons (Fsp3) is 0.625. The Hall–Kier alpha value is -0.540. The van der Waals surface area contributed by atoms with Crippen LogP contribution in [0.1, 0.15) is 32.8 Å². The van der Waals surface area contributed by atoms with Crippen molar-refractivity contribution in [3.63, 3.8) is 0 Å². The fourth-order valence-electron chi connectivity index (χ4n) is 2.78. The SMILES string of the molecule is CCC1CNC(C(C)C)CN1c1cccc(C)c1Br. The molecule has 106 valence electrons. The summed E-state index contributed by atoms with van der Waals surface area (Å²) in [6.07, 6.45) is 1.18. The van der Waals surface area contributed by atoms with Gasteiger partial charge >= 0.3 is 0 Å². The molecule has 0 saturated carbocycles. The molecular weight excluding hydrogens is 300 g/mol. The largest absolute Gasteiger partial charge is 0.365 e. The van der Waals surface area contributed by atoms with Crippen LogP contribution in [0.4, 0.5) is 5.69 Å². The van der Waals surface area contributed by atoms with Gasteiger partial charge in [0.1, 0.15) is 0 Å². The van der Waals surface area contributed by atoms with Crippen molar-refractivity contribution in [3.05, 3.63) is 28.2 Å². The molecule has 1 aromatic rings. The molecule has 1 fully saturated rings. The van der Waals surface area contributed by atoms with E-state index in [1.54, 1.807) is 0 Å². The van der Waals surface area contributed by atoms with Crippen LogP contribution in [0.25, 0.3) is 0 Å². The van der Waals surface area contributed by atoms with E-state index in [9.17, 15) is 0 Å². The summed E-state index contributed by atoms with van der Waals surface area (Å²) < 4.78 is 1.25. The van der Waals surface area contributed by atoms with E-state index in [2.05, 4.69) is 72.0 Å². The molecule has 1 aliphatic heterocycles. The molecule has 0 radical (unpaired) electrons. The van der Waals surface area contributed by atoms with Gasteiger partial charge in [0.05, 0.1) is 5.69 Å². The zero-order valence-electron chi connectivity index (χ0n) is 12.4. The number of nitrogens with one attached hydrogen (secondary N) is 1. The number of hydrogen-bond acceptors (Lipinski definition) is 2. The number of aryl methyl sites for hydroxylation is 1. The van der Waals surface area contributed by atoms with Crippen molar-refractivity contribution in [3.8, 4) is 0 Å². The maximum Gasteiger partial charge on any atom is 0.0516 e. The highest BCUT2D eigenvalue weighted by atomic mass is 79.9. The number of rotatable bonds is 3. The summed E-state index contributed by atoms with van der Waals surface area (Å²) in [4.78, 5) is 2.58. The molecule has 1 aromatic carbocycles. The molecule has 2 rings (SSSR count). The van der Waals surface area contributed by atoms with Crippen LogP contribution in [0.15, 0.2) is 22.7 Å². The molecule has 1 heterocycles. The highest BCUT2D eigenvalue weighted by Gasteiger charge is 2.29. The minimum absolute atomic E-state index is 0.579. The Morgan fingerprint density at radius 2 is 2.16 bits per heavy atom. The molecule has 0 aromatic heterocycles. The van der Waals surface area contributed by atoms with Crippen LogP contribution in [0.5, 0.6) is 0 Å². The number of hydrogen-bond donors (Lipinski definition) is 1. The van der Waals surface area contributed by atoms with Crippen molar-refractivity contribution >= 4 is 21.6 Å². The Balaban J connectivity index is 2.30. The van der Waals surface area contributed by atoms with E-state index in [1.165, 1.54) is 22.1 Å². The lowest BCUT2D eigenvalue weighted by Crippen LogP contribution is -2.58. The first-order valence-corrected chi connectivity index (χ1v) is 8.09. The minimum atomic E-state index is 0.579. The van der Waals surface area contributed by atoms with E-state index in [0.717, 1.165) is 13.1 Å². The molecule has 1 N–H and O–H groups in total. The summed E-state index contributed by atoms with van der Waals surface area (Å²) in [5.74, 6) is 0.670. The summed E-state index contributed by atoms with van der Waals surface area (Å²) in [5, 5.41) is 3.70. The first-order chi connectivity index (χ1) is 9.04. The van der Waals surface area contributed by atoms with E-state index >= 15 is 0 Å². The van der Waals surface area contributed by atoms with Gasteiger partial charge in [0.15, 0.2) is 0 Å². The van der Waals surface area contributed by atoms with E-state index in [1.807, 2.05) is 0 Å². The third-order valence-electron chi connectivity index (χ3n) is 4.21. The number of nitrogens with zero attached hydrogens (tertiary/aromatic N) is 1. The van der Waals surface area contributed by atoms with Crippen LogP contribution < -0.4 is 10.2 Å². The molecule has 1 aliphatic rings. The second-order valence-corrected chi connectivity index (χ2v) is 6.67.